The predicted octanol–water partition coefficient (Wildman–Crippen LogP) is 2.11. The predicted molar refractivity (Wildman–Crippen MR) is 127 cm³/mol. The minimum absolute atomic E-state index is 0.109. The number of hydrogen-bond acceptors (Lipinski definition) is 5. The van der Waals surface area contributed by atoms with Crippen LogP contribution in [0.1, 0.15) is 30.5 Å². The van der Waals surface area contributed by atoms with Crippen LogP contribution in [0.4, 0.5) is 4.39 Å². The van der Waals surface area contributed by atoms with Crippen LogP contribution in [0.3, 0.4) is 0 Å². The van der Waals surface area contributed by atoms with Gasteiger partial charge in [-0.25, -0.2) is 17.5 Å². The summed E-state index contributed by atoms with van der Waals surface area (Å²) >= 11 is 1.41. The first-order chi connectivity index (χ1) is 15.6. The lowest BCUT2D eigenvalue weighted by molar-refractivity contribution is -0.128. The molecule has 3 N–H and O–H groups in total. The molecule has 1 fully saturated rings. The summed E-state index contributed by atoms with van der Waals surface area (Å²) in [5, 5.41) is 5.25. The van der Waals surface area contributed by atoms with Crippen LogP contribution in [0.2, 0.25) is 0 Å². The van der Waals surface area contributed by atoms with E-state index in [-0.39, 0.29) is 41.2 Å². The first-order valence-electron chi connectivity index (χ1n) is 10.6. The molecule has 10 heteroatoms. The summed E-state index contributed by atoms with van der Waals surface area (Å²) in [6, 6.07) is 12.2. The number of rotatable bonds is 9. The van der Waals surface area contributed by atoms with Gasteiger partial charge in [0.1, 0.15) is 11.9 Å². The molecule has 0 spiro atoms. The molecule has 2 unspecified atom stereocenters. The molecule has 0 aliphatic carbocycles. The third-order valence-corrected chi connectivity index (χ3v) is 7.84. The molecule has 0 saturated carbocycles. The number of thioether (sulfide) groups is 1. The highest BCUT2D eigenvalue weighted by Gasteiger charge is 2.32. The average molecular weight is 494 g/mol. The monoisotopic (exact) mass is 493 g/mol. The lowest BCUT2D eigenvalue weighted by Gasteiger charge is -2.28. The molecule has 2 amide bonds. The van der Waals surface area contributed by atoms with E-state index in [0.29, 0.717) is 17.7 Å². The van der Waals surface area contributed by atoms with Gasteiger partial charge in [0, 0.05) is 18.3 Å². The van der Waals surface area contributed by atoms with Crippen LogP contribution >= 0.6 is 11.8 Å². The summed E-state index contributed by atoms with van der Waals surface area (Å²) in [5.41, 5.74) is 2.34. The molecule has 2 aromatic carbocycles. The Labute approximate surface area is 198 Å². The van der Waals surface area contributed by atoms with Crippen LogP contribution in [0.25, 0.3) is 0 Å². The maximum absolute atomic E-state index is 13.0. The van der Waals surface area contributed by atoms with Gasteiger partial charge in [0.2, 0.25) is 21.8 Å². The number of nitrogens with one attached hydrogen (secondary N) is 3. The van der Waals surface area contributed by atoms with Crippen molar-refractivity contribution in [2.45, 2.75) is 49.9 Å². The van der Waals surface area contributed by atoms with E-state index in [2.05, 4.69) is 15.4 Å². The van der Waals surface area contributed by atoms with Crippen LogP contribution < -0.4 is 15.4 Å². The number of carbonyl (C=O) groups excluding carboxylic acids is 2. The van der Waals surface area contributed by atoms with Gasteiger partial charge in [0.25, 0.3) is 0 Å². The molecule has 33 heavy (non-hydrogen) atoms. The van der Waals surface area contributed by atoms with Gasteiger partial charge in [-0.05, 0) is 49.1 Å². The summed E-state index contributed by atoms with van der Waals surface area (Å²) in [6.07, 6.45) is 0.472. The third kappa shape index (κ3) is 7.83. The van der Waals surface area contributed by atoms with E-state index in [1.54, 1.807) is 50.2 Å². The maximum atomic E-state index is 13.0. The number of amides is 2. The Morgan fingerprint density at radius 2 is 1.70 bits per heavy atom. The molecule has 0 radical (unpaired) electrons. The van der Waals surface area contributed by atoms with E-state index < -0.39 is 16.1 Å². The van der Waals surface area contributed by atoms with Crippen LogP contribution in [-0.4, -0.2) is 43.3 Å². The summed E-state index contributed by atoms with van der Waals surface area (Å²) in [5.74, 6) is -0.468. The Kier molecular flexibility index (Phi) is 8.50. The Hall–Kier alpha value is -2.43. The van der Waals surface area contributed by atoms with E-state index in [0.717, 1.165) is 11.1 Å². The van der Waals surface area contributed by atoms with E-state index in [1.165, 1.54) is 23.9 Å². The Balaban J connectivity index is 1.46. The summed E-state index contributed by atoms with van der Waals surface area (Å²) in [7, 11) is -3.40. The molecule has 1 aliphatic rings. The zero-order valence-electron chi connectivity index (χ0n) is 18.5. The van der Waals surface area contributed by atoms with Gasteiger partial charge in [-0.15, -0.1) is 11.8 Å². The number of carbonyl (C=O) groups is 2. The SMILES string of the molecule is CC(C)NS(=O)(=O)Cc1ccc(CNC(=O)C2CSC(Cc3ccc(F)cc3)C(=O)N2)cc1. The van der Waals surface area contributed by atoms with Gasteiger partial charge in [0.15, 0.2) is 0 Å². The first kappa shape index (κ1) is 25.2. The fourth-order valence-corrected chi connectivity index (χ4v) is 6.03. The minimum Gasteiger partial charge on any atom is -0.350 e. The lowest BCUT2D eigenvalue weighted by atomic mass is 10.1. The van der Waals surface area contributed by atoms with Crippen LogP contribution in [0.5, 0.6) is 0 Å². The number of hydrogen-bond donors (Lipinski definition) is 3. The molecule has 0 bridgehead atoms. The maximum Gasteiger partial charge on any atom is 0.243 e. The Morgan fingerprint density at radius 3 is 2.30 bits per heavy atom. The van der Waals surface area contributed by atoms with Crippen molar-refractivity contribution in [3.63, 3.8) is 0 Å². The quantitative estimate of drug-likeness (QED) is 0.496. The van der Waals surface area contributed by atoms with Crippen LogP contribution in [-0.2, 0) is 38.3 Å². The van der Waals surface area contributed by atoms with Crippen molar-refractivity contribution in [2.24, 2.45) is 0 Å². The lowest BCUT2D eigenvalue weighted by Crippen LogP contribution is -2.54. The fourth-order valence-electron chi connectivity index (χ4n) is 3.41. The summed E-state index contributed by atoms with van der Waals surface area (Å²) in [4.78, 5) is 24.9. The summed E-state index contributed by atoms with van der Waals surface area (Å²) in [6.45, 7) is 3.80. The highest BCUT2D eigenvalue weighted by molar-refractivity contribution is 8.00. The number of halogens is 1. The van der Waals surface area contributed by atoms with Crippen LogP contribution in [0, 0.1) is 5.82 Å². The topological polar surface area (TPSA) is 104 Å². The average Bonchev–Trinajstić information content (AvgIpc) is 2.74. The van der Waals surface area contributed by atoms with E-state index >= 15 is 0 Å². The van der Waals surface area contributed by atoms with Gasteiger partial charge in [-0.3, -0.25) is 9.59 Å². The van der Waals surface area contributed by atoms with Crippen molar-refractivity contribution in [2.75, 3.05) is 5.75 Å². The molecule has 1 heterocycles. The normalized spacial score (nSPS) is 18.7. The molecular weight excluding hydrogens is 465 g/mol. The van der Waals surface area contributed by atoms with Gasteiger partial charge >= 0.3 is 0 Å². The second-order valence-electron chi connectivity index (χ2n) is 8.28. The summed E-state index contributed by atoms with van der Waals surface area (Å²) < 4.78 is 39.7. The minimum atomic E-state index is -3.40. The standard InChI is InChI=1S/C23H28FN3O4S2/c1-15(2)27-33(30,31)14-18-5-3-17(4-6-18)12-25-22(28)20-13-32-21(23(29)26-20)11-16-7-9-19(24)10-8-16/h3-10,15,20-21,27H,11-14H2,1-2H3,(H,25,28)(H,26,29). The zero-order valence-corrected chi connectivity index (χ0v) is 20.1. The Morgan fingerprint density at radius 1 is 1.09 bits per heavy atom. The largest absolute Gasteiger partial charge is 0.350 e. The van der Waals surface area contributed by atoms with Gasteiger partial charge in [-0.1, -0.05) is 36.4 Å². The van der Waals surface area contributed by atoms with Crippen molar-refractivity contribution in [3.05, 3.63) is 71.0 Å². The number of sulfonamides is 1. The molecule has 178 valence electrons. The third-order valence-electron chi connectivity index (χ3n) is 4.99. The first-order valence-corrected chi connectivity index (χ1v) is 13.3. The molecule has 3 rings (SSSR count). The fraction of sp³-hybridized carbons (Fsp3) is 0.391. The molecule has 1 aliphatic heterocycles. The molecule has 7 nitrogen and oxygen atoms in total. The van der Waals surface area contributed by atoms with Crippen molar-refractivity contribution < 1.29 is 22.4 Å². The van der Waals surface area contributed by atoms with Crippen molar-refractivity contribution >= 4 is 33.6 Å². The Bertz CT molecular complexity index is 1070. The zero-order chi connectivity index (χ0) is 24.0. The molecule has 1 saturated heterocycles. The van der Waals surface area contributed by atoms with Crippen LogP contribution in [0.15, 0.2) is 48.5 Å². The van der Waals surface area contributed by atoms with Gasteiger partial charge in [-0.2, -0.15) is 0 Å². The molecular formula is C23H28FN3O4S2. The van der Waals surface area contributed by atoms with E-state index in [4.69, 9.17) is 0 Å². The second kappa shape index (κ2) is 11.1. The van der Waals surface area contributed by atoms with Crippen molar-refractivity contribution in [3.8, 4) is 0 Å². The van der Waals surface area contributed by atoms with Crippen molar-refractivity contribution in [1.82, 2.24) is 15.4 Å². The highest BCUT2D eigenvalue weighted by atomic mass is 32.2. The molecule has 0 aromatic heterocycles. The van der Waals surface area contributed by atoms with E-state index in [1.807, 2.05) is 0 Å². The molecule has 2 aromatic rings. The highest BCUT2D eigenvalue weighted by Crippen LogP contribution is 2.22. The van der Waals surface area contributed by atoms with Gasteiger partial charge < -0.3 is 10.6 Å². The second-order valence-corrected chi connectivity index (χ2v) is 11.3. The van der Waals surface area contributed by atoms with E-state index in [9.17, 15) is 22.4 Å². The van der Waals surface area contributed by atoms with Crippen molar-refractivity contribution in [1.29, 1.82) is 0 Å². The smallest absolute Gasteiger partial charge is 0.243 e. The van der Waals surface area contributed by atoms with Gasteiger partial charge in [0.05, 0.1) is 11.0 Å². The number of benzene rings is 2. The molecule has 2 atom stereocenters.